The SMILES string of the molecule is NS(=O)(=O)OC[C@H]1C[C@@H](Nc2ncncc2C(=O)c2ccn(CC3CC3c3ccccc3)c2)C[C@@H]1O. The van der Waals surface area contributed by atoms with Gasteiger partial charge in [-0.15, -0.1) is 0 Å². The molecule has 2 heterocycles. The first-order chi connectivity index (χ1) is 17.3. The van der Waals surface area contributed by atoms with E-state index in [1.54, 1.807) is 6.07 Å². The maximum atomic E-state index is 13.3. The van der Waals surface area contributed by atoms with Gasteiger partial charge in [-0.25, -0.2) is 15.1 Å². The highest BCUT2D eigenvalue weighted by atomic mass is 32.2. The first kappa shape index (κ1) is 24.6. The van der Waals surface area contributed by atoms with Crippen LogP contribution in [0.5, 0.6) is 0 Å². The topological polar surface area (TPSA) is 149 Å². The fourth-order valence-electron chi connectivity index (χ4n) is 5.06. The van der Waals surface area contributed by atoms with E-state index in [9.17, 15) is 18.3 Å². The Morgan fingerprint density at radius 2 is 1.97 bits per heavy atom. The smallest absolute Gasteiger partial charge is 0.333 e. The summed E-state index contributed by atoms with van der Waals surface area (Å²) in [5.74, 6) is 0.893. The number of nitrogens with two attached hydrogens (primary N) is 1. The van der Waals surface area contributed by atoms with Crippen molar-refractivity contribution in [2.75, 3.05) is 11.9 Å². The number of ketones is 1. The lowest BCUT2D eigenvalue weighted by molar-refractivity contribution is 0.101. The van der Waals surface area contributed by atoms with Gasteiger partial charge in [0.1, 0.15) is 12.1 Å². The lowest BCUT2D eigenvalue weighted by Gasteiger charge is -2.15. The largest absolute Gasteiger partial charge is 0.393 e. The minimum atomic E-state index is -4.08. The molecule has 3 aromatic rings. The Hall–Kier alpha value is -3.12. The second kappa shape index (κ2) is 10.1. The summed E-state index contributed by atoms with van der Waals surface area (Å²) in [6.07, 6.45) is 7.80. The molecule has 2 fully saturated rings. The molecule has 2 saturated carbocycles. The van der Waals surface area contributed by atoms with E-state index in [0.29, 0.717) is 41.6 Å². The number of benzene rings is 1. The number of nitrogens with one attached hydrogen (secondary N) is 1. The highest BCUT2D eigenvalue weighted by Crippen LogP contribution is 2.48. The van der Waals surface area contributed by atoms with Crippen LogP contribution in [0.25, 0.3) is 0 Å². The van der Waals surface area contributed by atoms with Gasteiger partial charge in [-0.3, -0.25) is 8.98 Å². The molecule has 4 N–H and O–H groups in total. The Morgan fingerprint density at radius 1 is 1.17 bits per heavy atom. The number of anilines is 1. The Morgan fingerprint density at radius 3 is 2.75 bits per heavy atom. The quantitative estimate of drug-likeness (QED) is 0.350. The van der Waals surface area contributed by atoms with Crippen molar-refractivity contribution in [3.8, 4) is 0 Å². The highest BCUT2D eigenvalue weighted by molar-refractivity contribution is 7.84. The molecule has 190 valence electrons. The molecule has 0 bridgehead atoms. The van der Waals surface area contributed by atoms with Crippen LogP contribution >= 0.6 is 0 Å². The monoisotopic (exact) mass is 511 g/mol. The Kier molecular flexibility index (Phi) is 6.89. The highest BCUT2D eigenvalue weighted by Gasteiger charge is 2.38. The van der Waals surface area contributed by atoms with Crippen molar-refractivity contribution < 1.29 is 22.5 Å². The third-order valence-electron chi connectivity index (χ3n) is 7.01. The number of rotatable bonds is 10. The molecule has 10 nitrogen and oxygen atoms in total. The first-order valence-corrected chi connectivity index (χ1v) is 13.4. The van der Waals surface area contributed by atoms with Gasteiger partial charge in [0.2, 0.25) is 0 Å². The molecule has 1 aromatic carbocycles. The molecule has 36 heavy (non-hydrogen) atoms. The molecule has 2 aliphatic rings. The van der Waals surface area contributed by atoms with E-state index in [1.165, 1.54) is 18.1 Å². The summed E-state index contributed by atoms with van der Waals surface area (Å²) in [5.41, 5.74) is 2.25. The zero-order valence-electron chi connectivity index (χ0n) is 19.6. The number of aliphatic hydroxyl groups excluding tert-OH is 1. The van der Waals surface area contributed by atoms with Gasteiger partial charge >= 0.3 is 10.3 Å². The van der Waals surface area contributed by atoms with Gasteiger partial charge in [-0.1, -0.05) is 30.3 Å². The molecule has 11 heteroatoms. The average Bonchev–Trinajstić information content (AvgIpc) is 3.29. The first-order valence-electron chi connectivity index (χ1n) is 11.9. The zero-order chi connectivity index (χ0) is 25.3. The van der Waals surface area contributed by atoms with Crippen molar-refractivity contribution >= 4 is 21.9 Å². The van der Waals surface area contributed by atoms with Gasteiger partial charge in [-0.05, 0) is 42.7 Å². The molecule has 0 radical (unpaired) electrons. The summed E-state index contributed by atoms with van der Waals surface area (Å²) < 4.78 is 28.8. The number of aliphatic hydroxyl groups is 1. The zero-order valence-corrected chi connectivity index (χ0v) is 20.4. The number of carbonyl (C=O) groups excluding carboxylic acids is 1. The van der Waals surface area contributed by atoms with E-state index in [4.69, 9.17) is 5.14 Å². The number of carbonyl (C=O) groups is 1. The van der Waals surface area contributed by atoms with E-state index in [1.807, 2.05) is 18.5 Å². The van der Waals surface area contributed by atoms with Crippen LogP contribution in [0.15, 0.2) is 61.3 Å². The summed E-state index contributed by atoms with van der Waals surface area (Å²) in [4.78, 5) is 21.6. The van der Waals surface area contributed by atoms with Gasteiger partial charge < -0.3 is 15.0 Å². The van der Waals surface area contributed by atoms with Crippen molar-refractivity contribution in [1.29, 1.82) is 0 Å². The predicted octanol–water partition coefficient (Wildman–Crippen LogP) is 2.08. The third kappa shape index (κ3) is 5.81. The van der Waals surface area contributed by atoms with Crippen LogP contribution in [-0.4, -0.2) is 52.6 Å². The standard InChI is InChI=1S/C25H29N5O5S/c26-36(33,34)35-14-19-8-20(10-23(19)31)29-25-22(11-27-15-28-25)24(32)17-6-7-30(12-17)13-18-9-21(18)16-4-2-1-3-5-16/h1-7,11-12,15,18-21,23,31H,8-10,13-14H2,(H2,26,33,34)(H,27,28,29)/t18?,19-,20-,21?,23+/m1/s1. The van der Waals surface area contributed by atoms with Crippen molar-refractivity contribution in [1.82, 2.24) is 14.5 Å². The van der Waals surface area contributed by atoms with Crippen LogP contribution in [0, 0.1) is 11.8 Å². The van der Waals surface area contributed by atoms with Crippen LogP contribution in [0.2, 0.25) is 0 Å². The summed E-state index contributed by atoms with van der Waals surface area (Å²) in [6, 6.07) is 12.1. The van der Waals surface area contributed by atoms with Gasteiger partial charge in [0.25, 0.3) is 0 Å². The van der Waals surface area contributed by atoms with Crippen LogP contribution in [0.4, 0.5) is 5.82 Å². The van der Waals surface area contributed by atoms with Crippen LogP contribution in [0.1, 0.15) is 46.7 Å². The molecule has 5 atom stereocenters. The molecular formula is C25H29N5O5S. The summed E-state index contributed by atoms with van der Waals surface area (Å²) in [7, 11) is -4.08. The molecule has 0 spiro atoms. The number of hydrogen-bond donors (Lipinski definition) is 3. The lowest BCUT2D eigenvalue weighted by atomic mass is 10.1. The number of nitrogens with zero attached hydrogens (tertiary/aromatic N) is 3. The fraction of sp³-hybridized carbons (Fsp3) is 0.400. The van der Waals surface area contributed by atoms with Gasteiger partial charge in [0.15, 0.2) is 5.78 Å². The molecule has 0 aliphatic heterocycles. The Balaban J connectivity index is 1.22. The van der Waals surface area contributed by atoms with E-state index in [2.05, 4.69) is 48.3 Å². The van der Waals surface area contributed by atoms with E-state index >= 15 is 0 Å². The van der Waals surface area contributed by atoms with Gasteiger partial charge in [0.05, 0.1) is 18.3 Å². The predicted molar refractivity (Wildman–Crippen MR) is 132 cm³/mol. The second-order valence-electron chi connectivity index (χ2n) is 9.64. The van der Waals surface area contributed by atoms with Crippen LogP contribution in [-0.2, 0) is 21.0 Å². The molecule has 0 amide bonds. The third-order valence-corrected chi connectivity index (χ3v) is 7.47. The number of aromatic nitrogens is 3. The molecule has 2 aliphatic carbocycles. The minimum Gasteiger partial charge on any atom is -0.393 e. The Bertz CT molecular complexity index is 1330. The molecule has 5 rings (SSSR count). The van der Waals surface area contributed by atoms with E-state index in [0.717, 1.165) is 13.0 Å². The fourth-order valence-corrected chi connectivity index (χ4v) is 5.42. The second-order valence-corrected chi connectivity index (χ2v) is 10.9. The molecule has 2 aromatic heterocycles. The van der Waals surface area contributed by atoms with Crippen molar-refractivity contribution in [2.45, 2.75) is 43.9 Å². The number of hydrogen-bond acceptors (Lipinski definition) is 8. The molecule has 2 unspecified atom stereocenters. The lowest BCUT2D eigenvalue weighted by Crippen LogP contribution is -2.24. The normalized spacial score (nSPS) is 25.6. The maximum Gasteiger partial charge on any atom is 0.333 e. The summed E-state index contributed by atoms with van der Waals surface area (Å²) in [5, 5.41) is 18.4. The average molecular weight is 512 g/mol. The molecular weight excluding hydrogens is 482 g/mol. The summed E-state index contributed by atoms with van der Waals surface area (Å²) >= 11 is 0. The van der Waals surface area contributed by atoms with Crippen molar-refractivity contribution in [3.63, 3.8) is 0 Å². The van der Waals surface area contributed by atoms with Crippen molar-refractivity contribution in [3.05, 3.63) is 78.0 Å². The van der Waals surface area contributed by atoms with Crippen LogP contribution < -0.4 is 10.5 Å². The molecule has 0 saturated heterocycles. The van der Waals surface area contributed by atoms with Gasteiger partial charge in [-0.2, -0.15) is 8.42 Å². The Labute approximate surface area is 209 Å². The van der Waals surface area contributed by atoms with E-state index in [-0.39, 0.29) is 18.4 Å². The minimum absolute atomic E-state index is 0.195. The maximum absolute atomic E-state index is 13.3. The summed E-state index contributed by atoms with van der Waals surface area (Å²) in [6.45, 7) is 0.651. The van der Waals surface area contributed by atoms with E-state index < -0.39 is 22.3 Å². The van der Waals surface area contributed by atoms with Gasteiger partial charge in [0, 0.05) is 42.7 Å². The van der Waals surface area contributed by atoms with Crippen LogP contribution in [0.3, 0.4) is 0 Å². The van der Waals surface area contributed by atoms with Crippen molar-refractivity contribution in [2.24, 2.45) is 17.0 Å².